The van der Waals surface area contributed by atoms with E-state index in [9.17, 15) is 0 Å². The highest BCUT2D eigenvalue weighted by atomic mass is 15.1. The maximum Gasteiger partial charge on any atom is 0.0725 e. The fraction of sp³-hybridized carbons (Fsp3) is 0.0690. The zero-order chi connectivity index (χ0) is 39.3. The third kappa shape index (κ3) is 4.62. The number of benzene rings is 9. The Morgan fingerprint density at radius 3 is 1.46 bits per heavy atom. The first-order chi connectivity index (χ1) is 29.1. The molecular formula is C58H41N. The van der Waals surface area contributed by atoms with Crippen molar-refractivity contribution in [3.05, 3.63) is 246 Å². The highest BCUT2D eigenvalue weighted by molar-refractivity contribution is 6.06. The quantitative estimate of drug-likeness (QED) is 0.169. The van der Waals surface area contributed by atoms with Gasteiger partial charge in [-0.1, -0.05) is 196 Å². The summed E-state index contributed by atoms with van der Waals surface area (Å²) in [5, 5.41) is 0. The van der Waals surface area contributed by atoms with Gasteiger partial charge < -0.3 is 4.90 Å². The predicted octanol–water partition coefficient (Wildman–Crippen LogP) is 15.1. The van der Waals surface area contributed by atoms with Gasteiger partial charge in [0.25, 0.3) is 0 Å². The van der Waals surface area contributed by atoms with E-state index in [1.54, 1.807) is 0 Å². The molecule has 0 amide bonds. The SMILES string of the molecule is CC1(C)c2ccccc2-c2ccc(N(c3ccccc3)c3cccc(-c4ccccc4)c3-c3cccc4c3-c3ccccc3C43c4ccccc4-c4ccccc43)cc21. The molecule has 9 aromatic rings. The van der Waals surface area contributed by atoms with Crippen molar-refractivity contribution in [1.29, 1.82) is 0 Å². The minimum Gasteiger partial charge on any atom is -0.310 e. The smallest absolute Gasteiger partial charge is 0.0725 e. The Hall–Kier alpha value is -7.22. The van der Waals surface area contributed by atoms with Crippen LogP contribution in [0.15, 0.2) is 212 Å². The van der Waals surface area contributed by atoms with Crippen LogP contribution in [-0.4, -0.2) is 0 Å². The van der Waals surface area contributed by atoms with Crippen LogP contribution in [-0.2, 0) is 10.8 Å². The Morgan fingerprint density at radius 1 is 0.305 bits per heavy atom. The lowest BCUT2D eigenvalue weighted by molar-refractivity contribution is 0.660. The highest BCUT2D eigenvalue weighted by Gasteiger charge is 2.52. The van der Waals surface area contributed by atoms with E-state index in [0.717, 1.165) is 17.1 Å². The van der Waals surface area contributed by atoms with Crippen molar-refractivity contribution in [1.82, 2.24) is 0 Å². The summed E-state index contributed by atoms with van der Waals surface area (Å²) in [6.45, 7) is 4.74. The monoisotopic (exact) mass is 751 g/mol. The van der Waals surface area contributed by atoms with Crippen LogP contribution in [0.4, 0.5) is 17.1 Å². The molecule has 12 rings (SSSR count). The van der Waals surface area contributed by atoms with Gasteiger partial charge in [0.2, 0.25) is 0 Å². The van der Waals surface area contributed by atoms with Crippen molar-refractivity contribution in [3.63, 3.8) is 0 Å². The van der Waals surface area contributed by atoms with Gasteiger partial charge in [0.15, 0.2) is 0 Å². The Balaban J connectivity index is 1.17. The molecule has 0 saturated carbocycles. The molecule has 1 spiro atoms. The topological polar surface area (TPSA) is 3.24 Å². The molecule has 3 aliphatic rings. The molecule has 0 saturated heterocycles. The van der Waals surface area contributed by atoms with E-state index in [4.69, 9.17) is 0 Å². The molecular weight excluding hydrogens is 711 g/mol. The van der Waals surface area contributed by atoms with Crippen LogP contribution < -0.4 is 4.90 Å². The van der Waals surface area contributed by atoms with Gasteiger partial charge in [0.1, 0.15) is 0 Å². The molecule has 1 heteroatoms. The lowest BCUT2D eigenvalue weighted by atomic mass is 9.70. The third-order valence-electron chi connectivity index (χ3n) is 13.5. The second kappa shape index (κ2) is 12.6. The summed E-state index contributed by atoms with van der Waals surface area (Å²) in [4.78, 5) is 2.50. The Labute approximate surface area is 346 Å². The van der Waals surface area contributed by atoms with Crippen LogP contribution in [0.1, 0.15) is 47.2 Å². The zero-order valence-corrected chi connectivity index (χ0v) is 33.2. The first kappa shape index (κ1) is 33.9. The number of para-hydroxylation sites is 1. The van der Waals surface area contributed by atoms with E-state index < -0.39 is 5.41 Å². The third-order valence-corrected chi connectivity index (χ3v) is 13.5. The molecule has 0 unspecified atom stereocenters. The molecule has 0 atom stereocenters. The standard InChI is InChI=1S/C58H41N/c1-57(2)48-29-13-9-23-42(48)45-36-35-40(37-53(45)57)59(39-21-7-4-8-22-39)54-34-18-27-41(38-19-5-3-6-20-38)56(54)47-28-17-33-52-55(47)46-26-12-16-32-51(46)58(52)49-30-14-10-24-43(49)44-25-11-15-31-50(44)58/h3-37H,1-2H3. The molecule has 9 aromatic carbocycles. The molecule has 0 fully saturated rings. The number of fused-ring (bicyclic) bond motifs is 13. The fourth-order valence-electron chi connectivity index (χ4n) is 11.1. The zero-order valence-electron chi connectivity index (χ0n) is 33.2. The number of rotatable bonds is 5. The minimum atomic E-state index is -0.434. The molecule has 59 heavy (non-hydrogen) atoms. The van der Waals surface area contributed by atoms with Crippen LogP contribution in [0, 0.1) is 0 Å². The Bertz CT molecular complexity index is 3090. The van der Waals surface area contributed by atoms with Crippen molar-refractivity contribution < 1.29 is 0 Å². The molecule has 0 N–H and O–H groups in total. The fourth-order valence-corrected chi connectivity index (χ4v) is 11.1. The number of hydrogen-bond acceptors (Lipinski definition) is 1. The largest absolute Gasteiger partial charge is 0.310 e. The first-order valence-corrected chi connectivity index (χ1v) is 20.8. The maximum atomic E-state index is 2.50. The second-order valence-electron chi connectivity index (χ2n) is 16.8. The van der Waals surface area contributed by atoms with Gasteiger partial charge in [-0.3, -0.25) is 0 Å². The van der Waals surface area contributed by atoms with Crippen molar-refractivity contribution in [3.8, 4) is 55.6 Å². The van der Waals surface area contributed by atoms with Crippen LogP contribution >= 0.6 is 0 Å². The van der Waals surface area contributed by atoms with Gasteiger partial charge in [-0.05, 0) is 114 Å². The Morgan fingerprint density at radius 2 is 0.780 bits per heavy atom. The van der Waals surface area contributed by atoms with E-state index >= 15 is 0 Å². The van der Waals surface area contributed by atoms with E-state index in [1.807, 2.05) is 0 Å². The minimum absolute atomic E-state index is 0.134. The number of anilines is 3. The molecule has 278 valence electrons. The van der Waals surface area contributed by atoms with E-state index in [-0.39, 0.29) is 5.41 Å². The molecule has 0 radical (unpaired) electrons. The van der Waals surface area contributed by atoms with Gasteiger partial charge in [0.05, 0.1) is 11.1 Å². The summed E-state index contributed by atoms with van der Waals surface area (Å²) in [6, 6.07) is 79.2. The molecule has 0 aliphatic heterocycles. The summed E-state index contributed by atoms with van der Waals surface area (Å²) < 4.78 is 0. The maximum absolute atomic E-state index is 2.50. The molecule has 3 aliphatic carbocycles. The molecule has 0 aromatic heterocycles. The Kier molecular flexibility index (Phi) is 7.26. The van der Waals surface area contributed by atoms with Crippen molar-refractivity contribution in [2.24, 2.45) is 0 Å². The molecule has 0 heterocycles. The van der Waals surface area contributed by atoms with Crippen LogP contribution in [0.25, 0.3) is 55.6 Å². The predicted molar refractivity (Wildman–Crippen MR) is 246 cm³/mol. The van der Waals surface area contributed by atoms with Gasteiger partial charge in [0, 0.05) is 22.4 Å². The summed E-state index contributed by atoms with van der Waals surface area (Å²) in [7, 11) is 0. The van der Waals surface area contributed by atoms with Crippen LogP contribution in [0.5, 0.6) is 0 Å². The van der Waals surface area contributed by atoms with Crippen molar-refractivity contribution in [2.75, 3.05) is 4.90 Å². The van der Waals surface area contributed by atoms with E-state index in [2.05, 4.69) is 231 Å². The van der Waals surface area contributed by atoms with Crippen molar-refractivity contribution >= 4 is 17.1 Å². The average Bonchev–Trinajstić information content (AvgIpc) is 3.86. The van der Waals surface area contributed by atoms with E-state index in [0.29, 0.717) is 0 Å². The number of nitrogens with zero attached hydrogens (tertiary/aromatic N) is 1. The summed E-state index contributed by atoms with van der Waals surface area (Å²) in [6.07, 6.45) is 0. The van der Waals surface area contributed by atoms with Gasteiger partial charge in [-0.15, -0.1) is 0 Å². The lowest BCUT2D eigenvalue weighted by Gasteiger charge is -2.32. The van der Waals surface area contributed by atoms with Gasteiger partial charge in [-0.2, -0.15) is 0 Å². The number of hydrogen-bond donors (Lipinski definition) is 0. The summed E-state index contributed by atoms with van der Waals surface area (Å²) in [5.41, 5.74) is 23.7. The summed E-state index contributed by atoms with van der Waals surface area (Å²) >= 11 is 0. The summed E-state index contributed by atoms with van der Waals surface area (Å²) in [5.74, 6) is 0. The van der Waals surface area contributed by atoms with Gasteiger partial charge >= 0.3 is 0 Å². The van der Waals surface area contributed by atoms with Crippen LogP contribution in [0.2, 0.25) is 0 Å². The lowest BCUT2D eigenvalue weighted by Crippen LogP contribution is -2.25. The van der Waals surface area contributed by atoms with Crippen LogP contribution in [0.3, 0.4) is 0 Å². The first-order valence-electron chi connectivity index (χ1n) is 20.8. The molecule has 0 bridgehead atoms. The highest BCUT2D eigenvalue weighted by Crippen LogP contribution is 2.65. The molecule has 1 nitrogen and oxygen atoms in total. The van der Waals surface area contributed by atoms with Gasteiger partial charge in [-0.25, -0.2) is 0 Å². The van der Waals surface area contributed by atoms with Crippen molar-refractivity contribution in [2.45, 2.75) is 24.7 Å². The second-order valence-corrected chi connectivity index (χ2v) is 16.8. The average molecular weight is 752 g/mol. The van der Waals surface area contributed by atoms with E-state index in [1.165, 1.54) is 89.0 Å². The normalized spacial score (nSPS) is 14.2.